The summed E-state index contributed by atoms with van der Waals surface area (Å²) in [6, 6.07) is 0. The molecule has 0 aromatic carbocycles. The van der Waals surface area contributed by atoms with Crippen LogP contribution in [0.25, 0.3) is 0 Å². The van der Waals surface area contributed by atoms with Crippen LogP contribution >= 0.6 is 11.3 Å². The highest BCUT2D eigenvalue weighted by Crippen LogP contribution is 2.11. The highest BCUT2D eigenvalue weighted by Gasteiger charge is 2.15. The summed E-state index contributed by atoms with van der Waals surface area (Å²) < 4.78 is 0. The monoisotopic (exact) mass is 200 g/mol. The Labute approximate surface area is 82.8 Å². The molecule has 1 aromatic rings. The van der Waals surface area contributed by atoms with E-state index < -0.39 is 0 Å². The van der Waals surface area contributed by atoms with Crippen molar-refractivity contribution < 1.29 is 5.11 Å². The minimum Gasteiger partial charge on any atom is -0.396 e. The van der Waals surface area contributed by atoms with Gasteiger partial charge in [0.1, 0.15) is 0 Å². The van der Waals surface area contributed by atoms with Crippen LogP contribution < -0.4 is 5.32 Å². The normalized spacial score (nSPS) is 11.9. The van der Waals surface area contributed by atoms with E-state index in [0.29, 0.717) is 0 Å². The summed E-state index contributed by atoms with van der Waals surface area (Å²) in [6.07, 6.45) is 2.64. The Kier molecular flexibility index (Phi) is 3.84. The molecule has 1 aromatic heterocycles. The predicted molar refractivity (Wildman–Crippen MR) is 54.7 cm³/mol. The van der Waals surface area contributed by atoms with Crippen LogP contribution in [0.3, 0.4) is 0 Å². The van der Waals surface area contributed by atoms with E-state index in [0.717, 1.165) is 13.0 Å². The van der Waals surface area contributed by atoms with Crippen molar-refractivity contribution in [2.24, 2.45) is 0 Å². The summed E-state index contributed by atoms with van der Waals surface area (Å²) in [5, 5.41) is 12.2. The molecule has 0 atom stereocenters. The summed E-state index contributed by atoms with van der Waals surface area (Å²) in [4.78, 5) is 5.23. The van der Waals surface area contributed by atoms with Crippen molar-refractivity contribution in [1.82, 2.24) is 10.3 Å². The average molecular weight is 200 g/mol. The molecule has 0 aliphatic rings. The van der Waals surface area contributed by atoms with E-state index in [1.165, 1.54) is 4.88 Å². The number of thiazole rings is 1. The number of nitrogens with one attached hydrogen (secondary N) is 1. The van der Waals surface area contributed by atoms with Crippen molar-refractivity contribution >= 4 is 11.3 Å². The first-order valence-corrected chi connectivity index (χ1v) is 5.25. The zero-order valence-corrected chi connectivity index (χ0v) is 8.90. The van der Waals surface area contributed by atoms with Gasteiger partial charge in [0.2, 0.25) is 0 Å². The minimum atomic E-state index is -0.00125. The van der Waals surface area contributed by atoms with Crippen molar-refractivity contribution in [3.8, 4) is 0 Å². The van der Waals surface area contributed by atoms with Crippen LogP contribution in [0.2, 0.25) is 0 Å². The fourth-order valence-corrected chi connectivity index (χ4v) is 1.56. The van der Waals surface area contributed by atoms with Gasteiger partial charge in [-0.15, -0.1) is 11.3 Å². The Morgan fingerprint density at radius 1 is 1.62 bits per heavy atom. The molecule has 3 nitrogen and oxygen atoms in total. The quantitative estimate of drug-likeness (QED) is 0.755. The highest BCUT2D eigenvalue weighted by atomic mass is 32.1. The van der Waals surface area contributed by atoms with Gasteiger partial charge in [0.15, 0.2) is 0 Å². The molecule has 0 saturated heterocycles. The number of hydrogen-bond donors (Lipinski definition) is 2. The number of aliphatic hydroxyl groups excluding tert-OH is 1. The Hall–Kier alpha value is -0.450. The van der Waals surface area contributed by atoms with Gasteiger partial charge in [-0.25, -0.2) is 0 Å². The van der Waals surface area contributed by atoms with Crippen LogP contribution in [0.1, 0.15) is 25.1 Å². The van der Waals surface area contributed by atoms with Gasteiger partial charge < -0.3 is 10.4 Å². The lowest BCUT2D eigenvalue weighted by atomic mass is 10.0. The number of hydrogen-bond acceptors (Lipinski definition) is 4. The molecular formula is C9H16N2OS. The van der Waals surface area contributed by atoms with Crippen molar-refractivity contribution in [3.05, 3.63) is 16.6 Å². The first-order chi connectivity index (χ1) is 6.14. The number of rotatable bonds is 5. The van der Waals surface area contributed by atoms with E-state index in [1.54, 1.807) is 11.3 Å². The fourth-order valence-electron chi connectivity index (χ4n) is 1.02. The first kappa shape index (κ1) is 10.6. The van der Waals surface area contributed by atoms with E-state index >= 15 is 0 Å². The first-order valence-electron chi connectivity index (χ1n) is 4.37. The van der Waals surface area contributed by atoms with Gasteiger partial charge in [-0.05, 0) is 20.3 Å². The fraction of sp³-hybridized carbons (Fsp3) is 0.667. The van der Waals surface area contributed by atoms with E-state index in [9.17, 15) is 0 Å². The summed E-state index contributed by atoms with van der Waals surface area (Å²) in [7, 11) is 0. The Balaban J connectivity index is 2.33. The second kappa shape index (κ2) is 4.69. The summed E-state index contributed by atoms with van der Waals surface area (Å²) in [5.41, 5.74) is 1.83. The molecule has 1 heterocycles. The molecule has 0 radical (unpaired) electrons. The molecule has 2 N–H and O–H groups in total. The van der Waals surface area contributed by atoms with Crippen molar-refractivity contribution in [2.75, 3.05) is 6.61 Å². The van der Waals surface area contributed by atoms with Gasteiger partial charge in [-0.3, -0.25) is 4.98 Å². The molecule has 4 heteroatoms. The van der Waals surface area contributed by atoms with Crippen LogP contribution in [-0.4, -0.2) is 22.2 Å². The third-order valence-electron chi connectivity index (χ3n) is 1.96. The Bertz CT molecular complexity index is 234. The van der Waals surface area contributed by atoms with E-state index in [4.69, 9.17) is 5.11 Å². The smallest absolute Gasteiger partial charge is 0.0794 e. The van der Waals surface area contributed by atoms with Crippen LogP contribution in [0.4, 0.5) is 0 Å². The zero-order valence-electron chi connectivity index (χ0n) is 8.08. The lowest BCUT2D eigenvalue weighted by Crippen LogP contribution is -2.39. The number of aromatic nitrogens is 1. The highest BCUT2D eigenvalue weighted by molar-refractivity contribution is 7.09. The standard InChI is InChI=1S/C9H16N2OS/c1-9(2,3-4-12)11-6-8-5-10-7-13-8/h5,7,11-12H,3-4,6H2,1-2H3. The predicted octanol–water partition coefficient (Wildman–Crippen LogP) is 1.39. The van der Waals surface area contributed by atoms with Gasteiger partial charge in [0.05, 0.1) is 5.51 Å². The topological polar surface area (TPSA) is 45.1 Å². The van der Waals surface area contributed by atoms with Crippen molar-refractivity contribution in [3.63, 3.8) is 0 Å². The summed E-state index contributed by atoms with van der Waals surface area (Å²) >= 11 is 1.65. The second-order valence-electron chi connectivity index (χ2n) is 3.68. The molecule has 0 amide bonds. The van der Waals surface area contributed by atoms with E-state index in [1.807, 2.05) is 11.7 Å². The van der Waals surface area contributed by atoms with Crippen LogP contribution in [0.5, 0.6) is 0 Å². The van der Waals surface area contributed by atoms with Gasteiger partial charge >= 0.3 is 0 Å². The maximum absolute atomic E-state index is 8.81. The van der Waals surface area contributed by atoms with Crippen LogP contribution in [0, 0.1) is 0 Å². The third-order valence-corrected chi connectivity index (χ3v) is 2.74. The molecule has 1 rings (SSSR count). The molecule has 0 saturated carbocycles. The third kappa shape index (κ3) is 3.85. The van der Waals surface area contributed by atoms with Crippen LogP contribution in [0.15, 0.2) is 11.7 Å². The molecule has 0 unspecified atom stereocenters. The van der Waals surface area contributed by atoms with Crippen molar-refractivity contribution in [2.45, 2.75) is 32.4 Å². The largest absolute Gasteiger partial charge is 0.396 e. The molecule has 0 bridgehead atoms. The van der Waals surface area contributed by atoms with Gasteiger partial charge in [-0.1, -0.05) is 0 Å². The maximum atomic E-state index is 8.81. The lowest BCUT2D eigenvalue weighted by molar-refractivity contribution is 0.230. The number of nitrogens with zero attached hydrogens (tertiary/aromatic N) is 1. The van der Waals surface area contributed by atoms with E-state index in [-0.39, 0.29) is 12.1 Å². The molecule has 0 spiro atoms. The minimum absolute atomic E-state index is 0.00125. The van der Waals surface area contributed by atoms with E-state index in [2.05, 4.69) is 24.1 Å². The molecule has 13 heavy (non-hydrogen) atoms. The Morgan fingerprint density at radius 3 is 2.92 bits per heavy atom. The second-order valence-corrected chi connectivity index (χ2v) is 4.65. The zero-order chi connectivity index (χ0) is 9.73. The lowest BCUT2D eigenvalue weighted by Gasteiger charge is -2.24. The summed E-state index contributed by atoms with van der Waals surface area (Å²) in [5.74, 6) is 0. The average Bonchev–Trinajstić information content (AvgIpc) is 2.52. The van der Waals surface area contributed by atoms with Crippen molar-refractivity contribution in [1.29, 1.82) is 0 Å². The van der Waals surface area contributed by atoms with Crippen LogP contribution in [-0.2, 0) is 6.54 Å². The molecule has 0 aliphatic heterocycles. The SMILES string of the molecule is CC(C)(CCO)NCc1cncs1. The summed E-state index contributed by atoms with van der Waals surface area (Å²) in [6.45, 7) is 5.23. The van der Waals surface area contributed by atoms with Gasteiger partial charge in [0.25, 0.3) is 0 Å². The van der Waals surface area contributed by atoms with Gasteiger partial charge in [-0.2, -0.15) is 0 Å². The molecule has 0 aliphatic carbocycles. The number of aliphatic hydroxyl groups is 1. The van der Waals surface area contributed by atoms with Gasteiger partial charge in [0, 0.05) is 29.8 Å². The molecule has 74 valence electrons. The Morgan fingerprint density at radius 2 is 2.38 bits per heavy atom. The maximum Gasteiger partial charge on any atom is 0.0794 e. The molecular weight excluding hydrogens is 184 g/mol. The molecule has 0 fully saturated rings.